The molecule has 0 radical (unpaired) electrons. The first-order valence-electron chi connectivity index (χ1n) is 15.5. The second-order valence-electron chi connectivity index (χ2n) is 12.1. The van der Waals surface area contributed by atoms with Gasteiger partial charge in [0.2, 0.25) is 11.7 Å². The first-order chi connectivity index (χ1) is 22.8. The maximum absolute atomic E-state index is 4.87. The third-order valence-electron chi connectivity index (χ3n) is 10.1. The van der Waals surface area contributed by atoms with Crippen LogP contribution in [0.1, 0.15) is 39.1 Å². The number of benzene rings is 5. The van der Waals surface area contributed by atoms with Crippen LogP contribution in [0, 0.1) is 0 Å². The molecule has 5 heteroatoms. The number of pyridine rings is 1. The van der Waals surface area contributed by atoms with Gasteiger partial charge in [0.1, 0.15) is 6.20 Å². The second kappa shape index (κ2) is 9.18. The van der Waals surface area contributed by atoms with Crippen LogP contribution in [0.15, 0.2) is 157 Å². The smallest absolute Gasteiger partial charge is 0.281 e. The molecule has 0 spiro atoms. The molecule has 1 N–H and O–H groups in total. The normalized spacial score (nSPS) is 15.4. The van der Waals surface area contributed by atoms with Crippen molar-refractivity contribution < 1.29 is 4.58 Å². The SMILES string of the molecule is C1=Nc2cccnc2[N+]=1C1(c2cccc(C3(c4ccn[nH]4)c4ccccc4-c4ccccc43)c2)c2ccccc2-c2ccccc21. The van der Waals surface area contributed by atoms with E-state index in [-0.39, 0.29) is 0 Å². The molecule has 0 fully saturated rings. The Morgan fingerprint density at radius 2 is 1.13 bits per heavy atom. The quantitative estimate of drug-likeness (QED) is 0.209. The van der Waals surface area contributed by atoms with Gasteiger partial charge in [0, 0.05) is 22.9 Å². The molecule has 2 aliphatic carbocycles. The van der Waals surface area contributed by atoms with Gasteiger partial charge in [0.05, 0.1) is 11.1 Å². The molecule has 0 unspecified atom stereocenters. The van der Waals surface area contributed by atoms with Crippen LogP contribution in [0.2, 0.25) is 0 Å². The summed E-state index contributed by atoms with van der Waals surface area (Å²) in [5.41, 5.74) is 12.5. The lowest BCUT2D eigenvalue weighted by molar-refractivity contribution is -0.510. The molecule has 10 rings (SSSR count). The summed E-state index contributed by atoms with van der Waals surface area (Å²) in [6, 6.07) is 53.6. The average Bonchev–Trinajstić information content (AvgIpc) is 3.92. The summed E-state index contributed by atoms with van der Waals surface area (Å²) in [5, 5.41) is 7.88. The zero-order chi connectivity index (χ0) is 30.3. The molecule has 7 aromatic rings. The molecule has 5 nitrogen and oxygen atoms in total. The molecular formula is C41H26N5+. The number of aromatic amines is 1. The summed E-state index contributed by atoms with van der Waals surface area (Å²) in [6.45, 7) is 0. The molecule has 3 heterocycles. The van der Waals surface area contributed by atoms with Crippen LogP contribution in [0.3, 0.4) is 0 Å². The highest BCUT2D eigenvalue weighted by Crippen LogP contribution is 2.59. The minimum absolute atomic E-state index is 0.600. The van der Waals surface area contributed by atoms with E-state index in [0.29, 0.717) is 0 Å². The lowest BCUT2D eigenvalue weighted by Crippen LogP contribution is -2.38. The highest BCUT2D eigenvalue weighted by molar-refractivity contribution is 5.87. The van der Waals surface area contributed by atoms with Gasteiger partial charge in [-0.05, 0) is 63.2 Å². The van der Waals surface area contributed by atoms with Gasteiger partial charge in [0.25, 0.3) is 0 Å². The average molecular weight is 589 g/mol. The molecule has 3 aliphatic rings. The van der Waals surface area contributed by atoms with Crippen LogP contribution in [0.5, 0.6) is 0 Å². The van der Waals surface area contributed by atoms with Gasteiger partial charge in [0.15, 0.2) is 5.54 Å². The number of nitrogens with one attached hydrogen (secondary N) is 1. The molecule has 0 bridgehead atoms. The fraction of sp³-hybridized carbons (Fsp3) is 0.0488. The minimum Gasteiger partial charge on any atom is -0.281 e. The number of hydrogen-bond acceptors (Lipinski definition) is 3. The Labute approximate surface area is 265 Å². The Bertz CT molecular complexity index is 2340. The topological polar surface area (TPSA) is 56.9 Å². The van der Waals surface area contributed by atoms with E-state index >= 15 is 0 Å². The van der Waals surface area contributed by atoms with E-state index in [2.05, 4.69) is 148 Å². The summed E-state index contributed by atoms with van der Waals surface area (Å²) < 4.78 is 2.16. The van der Waals surface area contributed by atoms with Crippen molar-refractivity contribution in [3.8, 4) is 22.3 Å². The Morgan fingerprint density at radius 3 is 1.76 bits per heavy atom. The third-order valence-corrected chi connectivity index (χ3v) is 10.1. The minimum atomic E-state index is -0.765. The summed E-state index contributed by atoms with van der Waals surface area (Å²) in [7, 11) is 0. The van der Waals surface area contributed by atoms with Crippen molar-refractivity contribution in [3.63, 3.8) is 0 Å². The molecule has 0 amide bonds. The van der Waals surface area contributed by atoms with Crippen molar-refractivity contribution in [1.82, 2.24) is 15.2 Å². The molecule has 46 heavy (non-hydrogen) atoms. The summed E-state index contributed by atoms with van der Waals surface area (Å²) in [4.78, 5) is 9.63. The van der Waals surface area contributed by atoms with E-state index in [0.717, 1.165) is 28.3 Å². The third kappa shape index (κ3) is 3.00. The van der Waals surface area contributed by atoms with E-state index in [4.69, 9.17) is 9.98 Å². The molecular weight excluding hydrogens is 562 g/mol. The molecule has 1 aliphatic heterocycles. The maximum atomic E-state index is 4.87. The first-order valence-corrected chi connectivity index (χ1v) is 15.5. The van der Waals surface area contributed by atoms with Gasteiger partial charge >= 0.3 is 5.82 Å². The molecule has 5 aromatic carbocycles. The number of H-pyrrole nitrogens is 1. The number of fused-ring (bicyclic) bond motifs is 7. The summed E-state index contributed by atoms with van der Waals surface area (Å²) in [6.07, 6.45) is 3.69. The fourth-order valence-corrected chi connectivity index (χ4v) is 8.36. The van der Waals surface area contributed by atoms with E-state index in [1.165, 1.54) is 44.5 Å². The number of hydrogen-bond donors (Lipinski definition) is 1. The summed E-state index contributed by atoms with van der Waals surface area (Å²) >= 11 is 0. The van der Waals surface area contributed by atoms with E-state index in [1.807, 2.05) is 24.5 Å². The first kappa shape index (κ1) is 25.2. The number of rotatable bonds is 4. The second-order valence-corrected chi connectivity index (χ2v) is 12.1. The van der Waals surface area contributed by atoms with Crippen LogP contribution >= 0.6 is 0 Å². The predicted octanol–water partition coefficient (Wildman–Crippen LogP) is 8.60. The van der Waals surface area contributed by atoms with Crippen molar-refractivity contribution >= 4 is 17.5 Å². The van der Waals surface area contributed by atoms with E-state index in [1.54, 1.807) is 0 Å². The maximum Gasteiger partial charge on any atom is 0.315 e. The van der Waals surface area contributed by atoms with Crippen molar-refractivity contribution in [2.24, 2.45) is 4.99 Å². The highest BCUT2D eigenvalue weighted by atomic mass is 15.2. The lowest BCUT2D eigenvalue weighted by atomic mass is 9.68. The van der Waals surface area contributed by atoms with Crippen LogP contribution in [-0.4, -0.2) is 25.8 Å². The van der Waals surface area contributed by atoms with Crippen LogP contribution in [0.4, 0.5) is 11.5 Å². The van der Waals surface area contributed by atoms with Crippen LogP contribution in [0.25, 0.3) is 22.3 Å². The van der Waals surface area contributed by atoms with Gasteiger partial charge in [-0.15, -0.1) is 4.98 Å². The van der Waals surface area contributed by atoms with E-state index in [9.17, 15) is 0 Å². The number of aliphatic imine (C=N–C) groups is 1. The number of nitrogens with zero attached hydrogens (tertiary/aromatic N) is 4. The molecule has 2 aromatic heterocycles. The Morgan fingerprint density at radius 1 is 0.543 bits per heavy atom. The van der Waals surface area contributed by atoms with Crippen molar-refractivity contribution in [3.05, 3.63) is 191 Å². The standard InChI is InChI=1S/C41H26N5/c1-5-17-33-29(13-1)30-14-2-6-18-34(30)40(33,38-22-24-44-45-38)27-11-9-12-28(25-27)41(46-26-43-37-21-10-23-42-39(37)46)35-19-7-3-15-31(35)32-16-4-8-20-36(32)41/h1-25H,(H,44,45)/q+1. The Hall–Kier alpha value is -6.16. The Kier molecular flexibility index (Phi) is 5.03. The Balaban J connectivity index is 1.33. The van der Waals surface area contributed by atoms with Gasteiger partial charge in [-0.3, -0.25) is 5.10 Å². The van der Waals surface area contributed by atoms with Gasteiger partial charge in [-0.1, -0.05) is 120 Å². The molecule has 0 saturated carbocycles. The van der Waals surface area contributed by atoms with Crippen LogP contribution < -0.4 is 0 Å². The van der Waals surface area contributed by atoms with Crippen molar-refractivity contribution in [2.75, 3.05) is 0 Å². The predicted molar refractivity (Wildman–Crippen MR) is 179 cm³/mol. The van der Waals surface area contributed by atoms with Gasteiger partial charge < -0.3 is 0 Å². The summed E-state index contributed by atoms with van der Waals surface area (Å²) in [5.74, 6) is 0.791. The highest BCUT2D eigenvalue weighted by Gasteiger charge is 2.54. The zero-order valence-electron chi connectivity index (χ0n) is 24.7. The zero-order valence-corrected chi connectivity index (χ0v) is 24.7. The molecule has 0 atom stereocenters. The monoisotopic (exact) mass is 588 g/mol. The van der Waals surface area contributed by atoms with Crippen molar-refractivity contribution in [1.29, 1.82) is 0 Å². The van der Waals surface area contributed by atoms with E-state index < -0.39 is 11.0 Å². The lowest BCUT2D eigenvalue weighted by Gasteiger charge is -2.35. The number of aromatic nitrogens is 3. The largest absolute Gasteiger partial charge is 0.315 e. The molecule has 214 valence electrons. The van der Waals surface area contributed by atoms with Crippen molar-refractivity contribution in [2.45, 2.75) is 11.0 Å². The van der Waals surface area contributed by atoms with Gasteiger partial charge in [-0.25, -0.2) is 0 Å². The van der Waals surface area contributed by atoms with Gasteiger partial charge in [-0.2, -0.15) is 9.67 Å². The van der Waals surface area contributed by atoms with Crippen LogP contribution in [-0.2, 0) is 11.0 Å². The fourth-order valence-electron chi connectivity index (χ4n) is 8.36. The molecule has 0 saturated heterocycles.